The summed E-state index contributed by atoms with van der Waals surface area (Å²) in [6.45, 7) is 12.7. The van der Waals surface area contributed by atoms with Crippen molar-refractivity contribution in [3.8, 4) is 5.75 Å². The molecule has 112 valence electrons. The molecule has 1 aromatic carbocycles. The average Bonchev–Trinajstić information content (AvgIpc) is 2.23. The SMILES string of the molecule is CC(C)(C)c1c(O)ccc(CCC(N)=O)c1C(C)(C)C. The molecular weight excluding hydrogens is 250 g/mol. The second kappa shape index (κ2) is 5.47. The van der Waals surface area contributed by atoms with E-state index in [2.05, 4.69) is 41.5 Å². The van der Waals surface area contributed by atoms with Crippen LogP contribution in [-0.4, -0.2) is 11.0 Å². The molecule has 0 saturated carbocycles. The number of hydrogen-bond acceptors (Lipinski definition) is 2. The molecule has 3 N–H and O–H groups in total. The van der Waals surface area contributed by atoms with E-state index in [1.165, 1.54) is 0 Å². The summed E-state index contributed by atoms with van der Waals surface area (Å²) in [7, 11) is 0. The molecule has 0 bridgehead atoms. The van der Waals surface area contributed by atoms with Crippen molar-refractivity contribution in [2.45, 2.75) is 65.2 Å². The van der Waals surface area contributed by atoms with Crippen LogP contribution in [0, 0.1) is 0 Å². The number of aromatic hydroxyl groups is 1. The van der Waals surface area contributed by atoms with Crippen molar-refractivity contribution >= 4 is 5.91 Å². The number of benzene rings is 1. The van der Waals surface area contributed by atoms with Crippen LogP contribution in [0.1, 0.15) is 64.7 Å². The Morgan fingerprint density at radius 1 is 1.05 bits per heavy atom. The van der Waals surface area contributed by atoms with E-state index in [0.717, 1.165) is 16.7 Å². The fourth-order valence-electron chi connectivity index (χ4n) is 2.72. The van der Waals surface area contributed by atoms with E-state index >= 15 is 0 Å². The summed E-state index contributed by atoms with van der Waals surface area (Å²) >= 11 is 0. The Kier molecular flexibility index (Phi) is 4.52. The highest BCUT2D eigenvalue weighted by atomic mass is 16.3. The van der Waals surface area contributed by atoms with Gasteiger partial charge in [0.2, 0.25) is 5.91 Å². The van der Waals surface area contributed by atoms with Crippen molar-refractivity contribution in [3.63, 3.8) is 0 Å². The van der Waals surface area contributed by atoms with Crippen LogP contribution in [0.25, 0.3) is 0 Å². The largest absolute Gasteiger partial charge is 0.508 e. The zero-order chi connectivity index (χ0) is 15.7. The predicted octanol–water partition coefficient (Wildman–Crippen LogP) is 3.41. The standard InChI is InChI=1S/C17H27NO2/c1-16(2,3)14-11(8-10-13(18)20)7-9-12(19)15(14)17(4,5)6/h7,9,19H,8,10H2,1-6H3,(H2,18,20). The lowest BCUT2D eigenvalue weighted by atomic mass is 9.72. The minimum absolute atomic E-state index is 0.103. The van der Waals surface area contributed by atoms with Gasteiger partial charge in [0.1, 0.15) is 5.75 Å². The van der Waals surface area contributed by atoms with Gasteiger partial charge < -0.3 is 10.8 Å². The van der Waals surface area contributed by atoms with Gasteiger partial charge in [0, 0.05) is 12.0 Å². The van der Waals surface area contributed by atoms with E-state index in [0.29, 0.717) is 18.6 Å². The summed E-state index contributed by atoms with van der Waals surface area (Å²) < 4.78 is 0. The number of amides is 1. The Hall–Kier alpha value is -1.51. The summed E-state index contributed by atoms with van der Waals surface area (Å²) in [5.74, 6) is 0.0282. The lowest BCUT2D eigenvalue weighted by Crippen LogP contribution is -2.24. The molecule has 0 aromatic heterocycles. The molecule has 0 radical (unpaired) electrons. The minimum atomic E-state index is -0.296. The van der Waals surface area contributed by atoms with E-state index in [4.69, 9.17) is 5.73 Å². The Labute approximate surface area is 122 Å². The zero-order valence-electron chi connectivity index (χ0n) is 13.5. The number of nitrogens with two attached hydrogens (primary N) is 1. The van der Waals surface area contributed by atoms with Crippen molar-refractivity contribution in [1.29, 1.82) is 0 Å². The number of phenolic OH excluding ortho intramolecular Hbond substituents is 1. The molecule has 1 amide bonds. The van der Waals surface area contributed by atoms with Crippen LogP contribution in [0.15, 0.2) is 12.1 Å². The molecule has 0 spiro atoms. The first kappa shape index (κ1) is 16.5. The summed E-state index contributed by atoms with van der Waals surface area (Å²) in [5.41, 5.74) is 8.20. The van der Waals surface area contributed by atoms with Crippen molar-refractivity contribution < 1.29 is 9.90 Å². The third kappa shape index (κ3) is 3.75. The van der Waals surface area contributed by atoms with E-state index in [-0.39, 0.29) is 16.7 Å². The van der Waals surface area contributed by atoms with Crippen molar-refractivity contribution in [2.24, 2.45) is 5.73 Å². The third-order valence-corrected chi connectivity index (χ3v) is 3.41. The Balaban J connectivity index is 3.50. The molecular formula is C17H27NO2. The Morgan fingerprint density at radius 2 is 1.55 bits per heavy atom. The second-order valence-electron chi connectivity index (χ2n) is 7.46. The molecule has 3 heteroatoms. The van der Waals surface area contributed by atoms with Gasteiger partial charge >= 0.3 is 0 Å². The molecule has 0 aliphatic carbocycles. The van der Waals surface area contributed by atoms with Gasteiger partial charge in [0.05, 0.1) is 0 Å². The van der Waals surface area contributed by atoms with Crippen LogP contribution < -0.4 is 5.73 Å². The molecule has 1 aromatic rings. The minimum Gasteiger partial charge on any atom is -0.508 e. The molecule has 0 aliphatic rings. The van der Waals surface area contributed by atoms with Crippen LogP contribution in [0.4, 0.5) is 0 Å². The molecule has 0 heterocycles. The molecule has 0 aliphatic heterocycles. The maximum atomic E-state index is 11.1. The van der Waals surface area contributed by atoms with Gasteiger partial charge in [0.15, 0.2) is 0 Å². The Bertz CT molecular complexity index is 505. The lowest BCUT2D eigenvalue weighted by molar-refractivity contribution is -0.117. The van der Waals surface area contributed by atoms with E-state index < -0.39 is 0 Å². The Morgan fingerprint density at radius 3 is 1.95 bits per heavy atom. The van der Waals surface area contributed by atoms with Gasteiger partial charge in [-0.2, -0.15) is 0 Å². The van der Waals surface area contributed by atoms with Gasteiger partial charge in [0.25, 0.3) is 0 Å². The van der Waals surface area contributed by atoms with E-state index in [9.17, 15) is 9.90 Å². The monoisotopic (exact) mass is 277 g/mol. The topological polar surface area (TPSA) is 63.3 Å². The molecule has 0 fully saturated rings. The highest BCUT2D eigenvalue weighted by Crippen LogP contribution is 2.41. The summed E-state index contributed by atoms with van der Waals surface area (Å²) in [4.78, 5) is 11.1. The molecule has 0 unspecified atom stereocenters. The summed E-state index contributed by atoms with van der Waals surface area (Å²) in [6, 6.07) is 3.64. The van der Waals surface area contributed by atoms with Gasteiger partial charge in [-0.05, 0) is 34.4 Å². The van der Waals surface area contributed by atoms with Gasteiger partial charge in [-0.15, -0.1) is 0 Å². The van der Waals surface area contributed by atoms with Crippen LogP contribution in [0.3, 0.4) is 0 Å². The smallest absolute Gasteiger partial charge is 0.217 e. The van der Waals surface area contributed by atoms with E-state index in [1.807, 2.05) is 6.07 Å². The van der Waals surface area contributed by atoms with Crippen LogP contribution in [0.5, 0.6) is 5.75 Å². The van der Waals surface area contributed by atoms with Crippen LogP contribution in [-0.2, 0) is 22.0 Å². The average molecular weight is 277 g/mol. The highest BCUT2D eigenvalue weighted by molar-refractivity contribution is 5.74. The predicted molar refractivity (Wildman–Crippen MR) is 83.0 cm³/mol. The fourth-order valence-corrected chi connectivity index (χ4v) is 2.72. The number of hydrogen-bond donors (Lipinski definition) is 2. The summed E-state index contributed by atoms with van der Waals surface area (Å²) in [6.07, 6.45) is 0.947. The van der Waals surface area contributed by atoms with Crippen molar-refractivity contribution in [1.82, 2.24) is 0 Å². The maximum Gasteiger partial charge on any atom is 0.217 e. The zero-order valence-corrected chi connectivity index (χ0v) is 13.5. The first-order valence-corrected chi connectivity index (χ1v) is 7.08. The quantitative estimate of drug-likeness (QED) is 0.889. The van der Waals surface area contributed by atoms with Crippen LogP contribution in [0.2, 0.25) is 0 Å². The number of rotatable bonds is 3. The second-order valence-corrected chi connectivity index (χ2v) is 7.46. The number of primary amides is 1. The van der Waals surface area contributed by atoms with Crippen LogP contribution >= 0.6 is 0 Å². The van der Waals surface area contributed by atoms with E-state index in [1.54, 1.807) is 6.07 Å². The summed E-state index contributed by atoms with van der Waals surface area (Å²) in [5, 5.41) is 10.3. The van der Waals surface area contributed by atoms with Crippen molar-refractivity contribution in [3.05, 3.63) is 28.8 Å². The number of aryl methyl sites for hydroxylation is 1. The van der Waals surface area contributed by atoms with Gasteiger partial charge in [-0.3, -0.25) is 4.79 Å². The fraction of sp³-hybridized carbons (Fsp3) is 0.588. The molecule has 0 atom stereocenters. The third-order valence-electron chi connectivity index (χ3n) is 3.41. The van der Waals surface area contributed by atoms with Gasteiger partial charge in [-0.25, -0.2) is 0 Å². The number of phenols is 1. The number of carbonyl (C=O) groups is 1. The maximum absolute atomic E-state index is 11.1. The molecule has 1 rings (SSSR count). The van der Waals surface area contributed by atoms with Gasteiger partial charge in [-0.1, -0.05) is 47.6 Å². The normalized spacial score (nSPS) is 12.5. The first-order chi connectivity index (χ1) is 8.94. The highest BCUT2D eigenvalue weighted by Gasteiger charge is 2.30. The first-order valence-electron chi connectivity index (χ1n) is 7.08. The van der Waals surface area contributed by atoms with Crippen molar-refractivity contribution in [2.75, 3.05) is 0 Å². The molecule has 20 heavy (non-hydrogen) atoms. The number of carbonyl (C=O) groups excluding carboxylic acids is 1. The molecule has 0 saturated heterocycles. The molecule has 3 nitrogen and oxygen atoms in total. The lowest BCUT2D eigenvalue weighted by Gasteiger charge is -2.33.